The first-order chi connectivity index (χ1) is 13.4. The van der Waals surface area contributed by atoms with Crippen molar-refractivity contribution >= 4 is 29.2 Å². The summed E-state index contributed by atoms with van der Waals surface area (Å²) in [6.07, 6.45) is 5.24. The van der Waals surface area contributed by atoms with Gasteiger partial charge < -0.3 is 25.4 Å². The zero-order valence-electron chi connectivity index (χ0n) is 16.6. The topological polar surface area (TPSA) is 93.9 Å². The minimum atomic E-state index is -0.194. The number of halogens is 1. The average Bonchev–Trinajstić information content (AvgIpc) is 2.70. The summed E-state index contributed by atoms with van der Waals surface area (Å²) in [6, 6.07) is 3.25. The molecule has 0 unspecified atom stereocenters. The zero-order chi connectivity index (χ0) is 20.5. The van der Waals surface area contributed by atoms with Crippen LogP contribution in [-0.2, 0) is 9.53 Å². The van der Waals surface area contributed by atoms with Crippen LogP contribution in [0.15, 0.2) is 12.1 Å². The summed E-state index contributed by atoms with van der Waals surface area (Å²) in [7, 11) is 2.92. The highest BCUT2D eigenvalue weighted by molar-refractivity contribution is 6.33. The first-order valence-electron chi connectivity index (χ1n) is 9.67. The van der Waals surface area contributed by atoms with Gasteiger partial charge in [0.1, 0.15) is 5.75 Å². The Balaban J connectivity index is 1.73. The van der Waals surface area contributed by atoms with Crippen LogP contribution >= 0.6 is 11.6 Å². The number of unbranched alkanes of at least 4 members (excludes halogenated alkanes) is 2. The van der Waals surface area contributed by atoms with Crippen molar-refractivity contribution in [3.63, 3.8) is 0 Å². The smallest absolute Gasteiger partial charge is 0.305 e. The van der Waals surface area contributed by atoms with Crippen LogP contribution < -0.4 is 15.8 Å². The van der Waals surface area contributed by atoms with Crippen LogP contribution in [-0.4, -0.2) is 56.7 Å². The van der Waals surface area contributed by atoms with E-state index in [-0.39, 0.29) is 17.9 Å². The molecule has 0 aromatic heterocycles. The average molecular weight is 412 g/mol. The molecule has 0 saturated carbocycles. The van der Waals surface area contributed by atoms with Crippen LogP contribution in [0.4, 0.5) is 5.69 Å². The predicted molar refractivity (Wildman–Crippen MR) is 110 cm³/mol. The molecule has 1 heterocycles. The van der Waals surface area contributed by atoms with Crippen LogP contribution in [0.1, 0.15) is 48.9 Å². The van der Waals surface area contributed by atoms with Gasteiger partial charge in [0.25, 0.3) is 5.91 Å². The number of nitrogens with zero attached hydrogens (tertiary/aromatic N) is 1. The second-order valence-corrected chi connectivity index (χ2v) is 7.46. The Morgan fingerprint density at radius 2 is 1.93 bits per heavy atom. The minimum Gasteiger partial charge on any atom is -0.496 e. The number of methoxy groups -OCH3 is 2. The van der Waals surface area contributed by atoms with Crippen molar-refractivity contribution in [2.24, 2.45) is 0 Å². The Labute approximate surface area is 171 Å². The zero-order valence-corrected chi connectivity index (χ0v) is 17.4. The van der Waals surface area contributed by atoms with Gasteiger partial charge in [0.05, 0.1) is 30.5 Å². The second kappa shape index (κ2) is 11.1. The van der Waals surface area contributed by atoms with Crippen molar-refractivity contribution in [2.75, 3.05) is 39.6 Å². The number of amides is 1. The number of hydrogen-bond donors (Lipinski definition) is 2. The Kier molecular flexibility index (Phi) is 8.86. The lowest BCUT2D eigenvalue weighted by Crippen LogP contribution is -2.44. The monoisotopic (exact) mass is 411 g/mol. The largest absolute Gasteiger partial charge is 0.496 e. The molecule has 2 rings (SSSR count). The summed E-state index contributed by atoms with van der Waals surface area (Å²) >= 11 is 6.05. The van der Waals surface area contributed by atoms with Gasteiger partial charge in [-0.1, -0.05) is 18.0 Å². The number of ether oxygens (including phenoxy) is 2. The molecule has 1 aliphatic heterocycles. The van der Waals surface area contributed by atoms with E-state index in [4.69, 9.17) is 22.1 Å². The van der Waals surface area contributed by atoms with Crippen molar-refractivity contribution < 1.29 is 19.1 Å². The first-order valence-corrected chi connectivity index (χ1v) is 10.1. The van der Waals surface area contributed by atoms with E-state index >= 15 is 0 Å². The van der Waals surface area contributed by atoms with E-state index in [1.807, 2.05) is 0 Å². The molecule has 1 fully saturated rings. The third-order valence-corrected chi connectivity index (χ3v) is 5.40. The highest BCUT2D eigenvalue weighted by Crippen LogP contribution is 2.29. The second-order valence-electron chi connectivity index (χ2n) is 7.05. The van der Waals surface area contributed by atoms with Gasteiger partial charge in [0.2, 0.25) is 0 Å². The number of carbonyl (C=O) groups is 2. The molecule has 0 aliphatic carbocycles. The molecule has 0 radical (unpaired) electrons. The minimum absolute atomic E-state index is 0.129. The number of hydrogen-bond acceptors (Lipinski definition) is 6. The normalized spacial score (nSPS) is 15.2. The summed E-state index contributed by atoms with van der Waals surface area (Å²) in [4.78, 5) is 26.1. The predicted octanol–water partition coefficient (Wildman–Crippen LogP) is 2.86. The van der Waals surface area contributed by atoms with Gasteiger partial charge in [-0.05, 0) is 38.3 Å². The van der Waals surface area contributed by atoms with E-state index in [9.17, 15) is 9.59 Å². The van der Waals surface area contributed by atoms with Crippen LogP contribution in [0.5, 0.6) is 5.75 Å². The van der Waals surface area contributed by atoms with Crippen LogP contribution in [0.3, 0.4) is 0 Å². The van der Waals surface area contributed by atoms with Crippen LogP contribution in [0.25, 0.3) is 0 Å². The van der Waals surface area contributed by atoms with Gasteiger partial charge in [-0.3, -0.25) is 9.59 Å². The molecule has 3 N–H and O–H groups in total. The molecule has 28 heavy (non-hydrogen) atoms. The summed E-state index contributed by atoms with van der Waals surface area (Å²) < 4.78 is 9.90. The number of nitrogen functional groups attached to an aromatic ring is 1. The number of anilines is 1. The quantitative estimate of drug-likeness (QED) is 0.368. The Hall–Kier alpha value is -1.99. The molecule has 0 atom stereocenters. The van der Waals surface area contributed by atoms with E-state index in [2.05, 4.69) is 15.0 Å². The summed E-state index contributed by atoms with van der Waals surface area (Å²) in [5.41, 5.74) is 6.56. The summed E-state index contributed by atoms with van der Waals surface area (Å²) in [5.74, 6) is 0.0828. The third-order valence-electron chi connectivity index (χ3n) is 5.07. The highest BCUT2D eigenvalue weighted by Gasteiger charge is 2.23. The molecule has 1 aromatic carbocycles. The lowest BCUT2D eigenvalue weighted by atomic mass is 10.0. The van der Waals surface area contributed by atoms with E-state index in [1.165, 1.54) is 14.2 Å². The molecular formula is C20H30ClN3O4. The van der Waals surface area contributed by atoms with Crippen molar-refractivity contribution in [3.8, 4) is 5.75 Å². The number of piperidine rings is 1. The number of nitrogens with one attached hydrogen (secondary N) is 1. The number of rotatable bonds is 9. The van der Waals surface area contributed by atoms with E-state index in [0.29, 0.717) is 28.4 Å². The van der Waals surface area contributed by atoms with Gasteiger partial charge in [0.15, 0.2) is 0 Å². The van der Waals surface area contributed by atoms with Gasteiger partial charge in [-0.2, -0.15) is 0 Å². The van der Waals surface area contributed by atoms with Crippen molar-refractivity contribution in [1.29, 1.82) is 0 Å². The molecule has 8 heteroatoms. The molecule has 7 nitrogen and oxygen atoms in total. The molecule has 1 aliphatic rings. The van der Waals surface area contributed by atoms with E-state index in [0.717, 1.165) is 51.7 Å². The standard InChI is InChI=1S/C20H30ClN3O4/c1-27-18-13-17(22)16(21)12-15(18)20(26)23-14-7-10-24(11-8-14)9-5-3-4-6-19(25)28-2/h12-14H,3-11,22H2,1-2H3,(H,23,26). The van der Waals surface area contributed by atoms with Crippen molar-refractivity contribution in [1.82, 2.24) is 10.2 Å². The highest BCUT2D eigenvalue weighted by atomic mass is 35.5. The van der Waals surface area contributed by atoms with E-state index < -0.39 is 0 Å². The fourth-order valence-corrected chi connectivity index (χ4v) is 3.53. The Bertz CT molecular complexity index is 676. The Morgan fingerprint density at radius 1 is 1.21 bits per heavy atom. The molecule has 1 amide bonds. The lowest BCUT2D eigenvalue weighted by molar-refractivity contribution is -0.140. The number of esters is 1. The number of carbonyl (C=O) groups excluding carboxylic acids is 2. The Morgan fingerprint density at radius 3 is 2.57 bits per heavy atom. The van der Waals surface area contributed by atoms with Crippen molar-refractivity contribution in [2.45, 2.75) is 44.6 Å². The first kappa shape index (κ1) is 22.3. The maximum atomic E-state index is 12.6. The number of likely N-dealkylation sites (tertiary alicyclic amines) is 1. The van der Waals surface area contributed by atoms with Crippen LogP contribution in [0, 0.1) is 0 Å². The van der Waals surface area contributed by atoms with Gasteiger partial charge >= 0.3 is 5.97 Å². The molecule has 1 saturated heterocycles. The molecule has 156 valence electrons. The third kappa shape index (κ3) is 6.56. The van der Waals surface area contributed by atoms with Gasteiger partial charge in [-0.15, -0.1) is 0 Å². The lowest BCUT2D eigenvalue weighted by Gasteiger charge is -2.32. The molecule has 0 bridgehead atoms. The fourth-order valence-electron chi connectivity index (χ4n) is 3.36. The fraction of sp³-hybridized carbons (Fsp3) is 0.600. The van der Waals surface area contributed by atoms with E-state index in [1.54, 1.807) is 12.1 Å². The SMILES string of the molecule is COC(=O)CCCCCN1CCC(NC(=O)c2cc(Cl)c(N)cc2OC)CC1. The number of nitrogens with two attached hydrogens (primary N) is 1. The van der Waals surface area contributed by atoms with Gasteiger partial charge in [0, 0.05) is 31.6 Å². The molecule has 1 aromatic rings. The maximum Gasteiger partial charge on any atom is 0.305 e. The molecule has 0 spiro atoms. The van der Waals surface area contributed by atoms with Crippen LogP contribution in [0.2, 0.25) is 5.02 Å². The van der Waals surface area contributed by atoms with Crippen molar-refractivity contribution in [3.05, 3.63) is 22.7 Å². The molecular weight excluding hydrogens is 382 g/mol. The van der Waals surface area contributed by atoms with Gasteiger partial charge in [-0.25, -0.2) is 0 Å². The summed E-state index contributed by atoms with van der Waals surface area (Å²) in [6.45, 7) is 2.91. The number of benzene rings is 1. The maximum absolute atomic E-state index is 12.6. The summed E-state index contributed by atoms with van der Waals surface area (Å²) in [5, 5.41) is 3.42.